The van der Waals surface area contributed by atoms with Gasteiger partial charge in [-0.1, -0.05) is 17.4 Å². The maximum absolute atomic E-state index is 13.2. The molecule has 2 aromatic heterocycles. The molecule has 2 aromatic carbocycles. The molecule has 0 aliphatic rings. The molecule has 0 saturated carbocycles. The Bertz CT molecular complexity index is 1360. The number of aromatic nitrogens is 3. The molecule has 4 aromatic rings. The van der Waals surface area contributed by atoms with Crippen molar-refractivity contribution in [2.75, 3.05) is 27.4 Å². The van der Waals surface area contributed by atoms with Gasteiger partial charge in [-0.25, -0.2) is 4.40 Å². The standard InChI is InChI=1S/C23H23N3O5S/c1-5-30-17-9-7-14(11-19(17)31-6-2)12-20-22(27)26-21(24-25-23(26)32-20)15-8-10-16(28-3)18(13-15)29-4/h7-13H,5-6H2,1-4H3. The van der Waals surface area contributed by atoms with Crippen LogP contribution in [0.5, 0.6) is 23.0 Å². The highest BCUT2D eigenvalue weighted by atomic mass is 32.1. The minimum absolute atomic E-state index is 0.188. The van der Waals surface area contributed by atoms with E-state index < -0.39 is 0 Å². The van der Waals surface area contributed by atoms with Gasteiger partial charge in [0.25, 0.3) is 5.56 Å². The number of nitrogens with zero attached hydrogens (tertiary/aromatic N) is 3. The van der Waals surface area contributed by atoms with E-state index in [0.717, 1.165) is 5.56 Å². The van der Waals surface area contributed by atoms with Crippen molar-refractivity contribution in [3.63, 3.8) is 0 Å². The van der Waals surface area contributed by atoms with Gasteiger partial charge >= 0.3 is 0 Å². The van der Waals surface area contributed by atoms with Crippen LogP contribution in [-0.2, 0) is 0 Å². The lowest BCUT2D eigenvalue weighted by Crippen LogP contribution is -2.23. The van der Waals surface area contributed by atoms with Gasteiger partial charge < -0.3 is 18.9 Å². The monoisotopic (exact) mass is 453 g/mol. The molecule has 0 aliphatic heterocycles. The Morgan fingerprint density at radius 3 is 2.34 bits per heavy atom. The van der Waals surface area contributed by atoms with Gasteiger partial charge in [-0.3, -0.25) is 4.79 Å². The summed E-state index contributed by atoms with van der Waals surface area (Å²) in [4.78, 5) is 13.7. The quantitative estimate of drug-likeness (QED) is 0.405. The Morgan fingerprint density at radius 2 is 1.62 bits per heavy atom. The fraction of sp³-hybridized carbons (Fsp3) is 0.261. The van der Waals surface area contributed by atoms with Crippen LogP contribution in [0.2, 0.25) is 0 Å². The summed E-state index contributed by atoms with van der Waals surface area (Å²) in [5, 5.41) is 8.41. The number of fused-ring (bicyclic) bond motifs is 1. The fourth-order valence-electron chi connectivity index (χ4n) is 3.33. The number of hydrogen-bond donors (Lipinski definition) is 0. The van der Waals surface area contributed by atoms with E-state index in [0.29, 0.717) is 57.1 Å². The van der Waals surface area contributed by atoms with Gasteiger partial charge in [0.2, 0.25) is 4.96 Å². The zero-order valence-electron chi connectivity index (χ0n) is 18.2. The molecule has 9 heteroatoms. The van der Waals surface area contributed by atoms with Crippen molar-refractivity contribution in [1.29, 1.82) is 0 Å². The number of rotatable bonds is 8. The SMILES string of the molecule is CCOc1ccc(C=c2sc3nnc(-c4ccc(OC)c(OC)c4)n3c2=O)cc1OCC. The van der Waals surface area contributed by atoms with Gasteiger partial charge in [0.1, 0.15) is 0 Å². The highest BCUT2D eigenvalue weighted by molar-refractivity contribution is 7.15. The summed E-state index contributed by atoms with van der Waals surface area (Å²) < 4.78 is 24.0. The lowest BCUT2D eigenvalue weighted by molar-refractivity contribution is 0.287. The molecule has 0 saturated heterocycles. The Labute approximate surface area is 188 Å². The van der Waals surface area contributed by atoms with Crippen LogP contribution in [0, 0.1) is 0 Å². The maximum Gasteiger partial charge on any atom is 0.276 e. The number of thiazole rings is 1. The van der Waals surface area contributed by atoms with Crippen molar-refractivity contribution in [1.82, 2.24) is 14.6 Å². The number of hydrogen-bond acceptors (Lipinski definition) is 8. The fourth-order valence-corrected chi connectivity index (χ4v) is 4.25. The minimum Gasteiger partial charge on any atom is -0.493 e. The first-order chi connectivity index (χ1) is 15.6. The zero-order chi connectivity index (χ0) is 22.7. The molecule has 166 valence electrons. The van der Waals surface area contributed by atoms with Crippen LogP contribution in [-0.4, -0.2) is 42.0 Å². The molecule has 0 atom stereocenters. The van der Waals surface area contributed by atoms with Gasteiger partial charge in [0, 0.05) is 5.56 Å². The highest BCUT2D eigenvalue weighted by Crippen LogP contribution is 2.32. The molecule has 32 heavy (non-hydrogen) atoms. The minimum atomic E-state index is -0.188. The van der Waals surface area contributed by atoms with Crippen LogP contribution in [0.3, 0.4) is 0 Å². The third-order valence-corrected chi connectivity index (χ3v) is 5.71. The van der Waals surface area contributed by atoms with Crippen LogP contribution in [0.4, 0.5) is 0 Å². The predicted molar refractivity (Wildman–Crippen MR) is 123 cm³/mol. The average Bonchev–Trinajstić information content (AvgIpc) is 3.35. The highest BCUT2D eigenvalue weighted by Gasteiger charge is 2.16. The summed E-state index contributed by atoms with van der Waals surface area (Å²) in [6.45, 7) is 4.90. The first-order valence-electron chi connectivity index (χ1n) is 10.1. The second kappa shape index (κ2) is 9.27. The summed E-state index contributed by atoms with van der Waals surface area (Å²) >= 11 is 1.28. The Kier molecular flexibility index (Phi) is 6.27. The Balaban J connectivity index is 1.79. The Hall–Kier alpha value is -3.59. The molecule has 0 radical (unpaired) electrons. The van der Waals surface area contributed by atoms with Gasteiger partial charge in [-0.05, 0) is 55.8 Å². The largest absolute Gasteiger partial charge is 0.493 e. The molecule has 2 heterocycles. The molecule has 0 N–H and O–H groups in total. The molecular weight excluding hydrogens is 430 g/mol. The zero-order valence-corrected chi connectivity index (χ0v) is 19.1. The molecule has 8 nitrogen and oxygen atoms in total. The summed E-state index contributed by atoms with van der Waals surface area (Å²) in [7, 11) is 3.13. The van der Waals surface area contributed by atoms with E-state index >= 15 is 0 Å². The topological polar surface area (TPSA) is 84.2 Å². The van der Waals surface area contributed by atoms with Crippen molar-refractivity contribution >= 4 is 22.4 Å². The molecule has 0 unspecified atom stereocenters. The molecule has 0 spiro atoms. The van der Waals surface area contributed by atoms with Gasteiger partial charge in [-0.2, -0.15) is 0 Å². The number of benzene rings is 2. The van der Waals surface area contributed by atoms with E-state index in [1.807, 2.05) is 44.2 Å². The van der Waals surface area contributed by atoms with Crippen molar-refractivity contribution < 1.29 is 18.9 Å². The van der Waals surface area contributed by atoms with Crippen LogP contribution in [0.1, 0.15) is 19.4 Å². The molecule has 0 amide bonds. The lowest BCUT2D eigenvalue weighted by atomic mass is 10.2. The van der Waals surface area contributed by atoms with Crippen molar-refractivity contribution in [2.24, 2.45) is 0 Å². The van der Waals surface area contributed by atoms with Crippen molar-refractivity contribution in [3.8, 4) is 34.4 Å². The van der Waals surface area contributed by atoms with Gasteiger partial charge in [-0.15, -0.1) is 10.2 Å². The van der Waals surface area contributed by atoms with Crippen LogP contribution < -0.4 is 29.0 Å². The molecular formula is C23H23N3O5S. The van der Waals surface area contributed by atoms with E-state index in [1.54, 1.807) is 26.4 Å². The van der Waals surface area contributed by atoms with E-state index in [4.69, 9.17) is 18.9 Å². The van der Waals surface area contributed by atoms with Gasteiger partial charge in [0.15, 0.2) is 28.8 Å². The summed E-state index contributed by atoms with van der Waals surface area (Å²) in [5.41, 5.74) is 1.35. The predicted octanol–water partition coefficient (Wildman–Crippen LogP) is 3.18. The lowest BCUT2D eigenvalue weighted by Gasteiger charge is -2.11. The Morgan fingerprint density at radius 1 is 0.906 bits per heavy atom. The van der Waals surface area contributed by atoms with Gasteiger partial charge in [0.05, 0.1) is 32.0 Å². The molecule has 0 fully saturated rings. The van der Waals surface area contributed by atoms with Crippen LogP contribution in [0.15, 0.2) is 41.2 Å². The first-order valence-corrected chi connectivity index (χ1v) is 10.9. The first kappa shape index (κ1) is 21.6. The smallest absolute Gasteiger partial charge is 0.276 e. The number of ether oxygens (including phenoxy) is 4. The maximum atomic E-state index is 13.2. The summed E-state index contributed by atoms with van der Waals surface area (Å²) in [6, 6.07) is 11.0. The van der Waals surface area contributed by atoms with Crippen molar-refractivity contribution in [2.45, 2.75) is 13.8 Å². The molecule has 0 aliphatic carbocycles. The van der Waals surface area contributed by atoms with E-state index in [9.17, 15) is 4.79 Å². The van der Waals surface area contributed by atoms with Crippen LogP contribution >= 0.6 is 11.3 Å². The second-order valence-electron chi connectivity index (χ2n) is 6.70. The normalized spacial score (nSPS) is 11.7. The van der Waals surface area contributed by atoms with Crippen molar-refractivity contribution in [3.05, 3.63) is 56.8 Å². The third-order valence-electron chi connectivity index (χ3n) is 4.76. The summed E-state index contributed by atoms with van der Waals surface area (Å²) in [6.07, 6.45) is 1.82. The van der Waals surface area contributed by atoms with Crippen LogP contribution in [0.25, 0.3) is 22.4 Å². The third kappa shape index (κ3) is 3.99. The number of methoxy groups -OCH3 is 2. The molecule has 0 bridgehead atoms. The second-order valence-corrected chi connectivity index (χ2v) is 7.71. The molecule has 4 rings (SSSR count). The summed E-state index contributed by atoms with van der Waals surface area (Å²) in [5.74, 6) is 2.91. The average molecular weight is 454 g/mol. The van der Waals surface area contributed by atoms with E-state index in [2.05, 4.69) is 10.2 Å². The van der Waals surface area contributed by atoms with E-state index in [1.165, 1.54) is 15.7 Å². The van der Waals surface area contributed by atoms with E-state index in [-0.39, 0.29) is 5.56 Å².